The third-order valence-corrected chi connectivity index (χ3v) is 2.18. The lowest BCUT2D eigenvalue weighted by atomic mass is 10.2. The first-order valence-electron chi connectivity index (χ1n) is 5.65. The number of nitrogens with zero attached hydrogens (tertiary/aromatic N) is 1. The molecule has 0 fully saturated rings. The lowest BCUT2D eigenvalue weighted by molar-refractivity contribution is -0.121. The fraction of sp³-hybridized carbons (Fsp3) is 0.214. The Hall–Kier alpha value is -2.79. The second kappa shape index (κ2) is 6.83. The summed E-state index contributed by atoms with van der Waals surface area (Å²) in [6.45, 7) is 1.86. The molecule has 2 N–H and O–H groups in total. The first-order valence-corrected chi connectivity index (χ1v) is 5.65. The third kappa shape index (κ3) is 4.18. The highest BCUT2D eigenvalue weighted by Gasteiger charge is 2.09. The van der Waals surface area contributed by atoms with Gasteiger partial charge in [0, 0.05) is 12.0 Å². The molecule has 0 radical (unpaired) electrons. The van der Waals surface area contributed by atoms with E-state index in [0.29, 0.717) is 12.8 Å². The number of carbonyl (C=O) groups is 2. The van der Waals surface area contributed by atoms with Gasteiger partial charge in [0.05, 0.1) is 0 Å². The molecule has 0 saturated heterocycles. The Labute approximate surface area is 111 Å². The minimum absolute atomic E-state index is 0.243. The number of amides is 2. The largest absolute Gasteiger partial charge is 0.273 e. The molecule has 0 aliphatic rings. The van der Waals surface area contributed by atoms with E-state index in [9.17, 15) is 9.59 Å². The molecule has 0 spiro atoms. The number of aromatic nitrogens is 1. The summed E-state index contributed by atoms with van der Waals surface area (Å²) in [6, 6.07) is 2.84. The van der Waals surface area contributed by atoms with Crippen molar-refractivity contribution >= 4 is 11.8 Å². The minimum atomic E-state index is -0.500. The summed E-state index contributed by atoms with van der Waals surface area (Å²) in [5.74, 6) is 3.85. The van der Waals surface area contributed by atoms with Crippen molar-refractivity contribution in [1.82, 2.24) is 15.8 Å². The normalized spacial score (nSPS) is 9.00. The van der Waals surface area contributed by atoms with E-state index in [4.69, 9.17) is 12.8 Å². The van der Waals surface area contributed by atoms with Crippen LogP contribution >= 0.6 is 0 Å². The van der Waals surface area contributed by atoms with E-state index in [-0.39, 0.29) is 22.9 Å². The van der Waals surface area contributed by atoms with Crippen LogP contribution in [-0.2, 0) is 4.79 Å². The zero-order valence-corrected chi connectivity index (χ0v) is 10.5. The predicted molar refractivity (Wildman–Crippen MR) is 70.6 cm³/mol. The van der Waals surface area contributed by atoms with Crippen molar-refractivity contribution in [1.29, 1.82) is 0 Å². The summed E-state index contributed by atoms with van der Waals surface area (Å²) in [5.41, 5.74) is 5.35. The summed E-state index contributed by atoms with van der Waals surface area (Å²) in [7, 11) is 0. The van der Waals surface area contributed by atoms with Crippen LogP contribution in [0.2, 0.25) is 0 Å². The second-order valence-corrected chi connectivity index (χ2v) is 3.67. The van der Waals surface area contributed by atoms with Gasteiger partial charge in [-0.1, -0.05) is 18.8 Å². The fourth-order valence-electron chi connectivity index (χ4n) is 1.30. The highest BCUT2D eigenvalue weighted by atomic mass is 16.2. The van der Waals surface area contributed by atoms with Crippen LogP contribution in [-0.4, -0.2) is 16.8 Å². The predicted octanol–water partition coefficient (Wildman–Crippen LogP) is 0.605. The lowest BCUT2D eigenvalue weighted by Crippen LogP contribution is -2.41. The molecule has 2 amide bonds. The lowest BCUT2D eigenvalue weighted by Gasteiger charge is -2.07. The molecule has 1 aromatic rings. The van der Waals surface area contributed by atoms with E-state index in [2.05, 4.69) is 27.7 Å². The Morgan fingerprint density at radius 1 is 1.21 bits per heavy atom. The Morgan fingerprint density at radius 2 is 1.79 bits per heavy atom. The number of rotatable bonds is 3. The molecular weight excluding hydrogens is 242 g/mol. The van der Waals surface area contributed by atoms with Gasteiger partial charge in [-0.15, -0.1) is 12.8 Å². The number of pyridine rings is 1. The van der Waals surface area contributed by atoms with Gasteiger partial charge in [0.2, 0.25) is 5.91 Å². The Balaban J connectivity index is 2.80. The maximum absolute atomic E-state index is 11.8. The van der Waals surface area contributed by atoms with Crippen molar-refractivity contribution in [2.45, 2.75) is 19.8 Å². The molecule has 0 aliphatic carbocycles. The number of nitrogens with one attached hydrogen (secondary N) is 2. The molecule has 1 rings (SSSR count). The average Bonchev–Trinajstić information content (AvgIpc) is 2.44. The van der Waals surface area contributed by atoms with Gasteiger partial charge in [-0.05, 0) is 18.6 Å². The molecule has 0 atom stereocenters. The van der Waals surface area contributed by atoms with Gasteiger partial charge >= 0.3 is 0 Å². The SMILES string of the molecule is C#Cc1cc(C(=O)NNC(=O)CCC)cc(C#C)n1. The Morgan fingerprint density at radius 3 is 2.26 bits per heavy atom. The average molecular weight is 255 g/mol. The highest BCUT2D eigenvalue weighted by molar-refractivity contribution is 5.95. The van der Waals surface area contributed by atoms with E-state index in [1.165, 1.54) is 12.1 Å². The summed E-state index contributed by atoms with van der Waals surface area (Å²) in [5, 5.41) is 0. The molecule has 19 heavy (non-hydrogen) atoms. The molecule has 0 saturated carbocycles. The molecule has 1 aromatic heterocycles. The standard InChI is InChI=1S/C14H13N3O2/c1-4-7-13(18)16-17-14(19)10-8-11(5-2)15-12(6-3)9-10/h2-3,8-9H,4,7H2,1H3,(H,16,18)(H,17,19). The molecule has 0 aromatic carbocycles. The van der Waals surface area contributed by atoms with Crippen LogP contribution < -0.4 is 10.9 Å². The van der Waals surface area contributed by atoms with Gasteiger partial charge in [0.15, 0.2) is 0 Å². The van der Waals surface area contributed by atoms with Gasteiger partial charge in [-0.3, -0.25) is 20.4 Å². The number of hydrazine groups is 1. The zero-order chi connectivity index (χ0) is 14.3. The van der Waals surface area contributed by atoms with Crippen LogP contribution in [0.3, 0.4) is 0 Å². The number of hydrogen-bond donors (Lipinski definition) is 2. The summed E-state index contributed by atoms with van der Waals surface area (Å²) >= 11 is 0. The van der Waals surface area contributed by atoms with Crippen molar-refractivity contribution in [2.75, 3.05) is 0 Å². The van der Waals surface area contributed by atoms with Crippen LogP contribution in [0.25, 0.3) is 0 Å². The van der Waals surface area contributed by atoms with Gasteiger partial charge in [-0.2, -0.15) is 0 Å². The van der Waals surface area contributed by atoms with E-state index in [0.717, 1.165) is 0 Å². The second-order valence-electron chi connectivity index (χ2n) is 3.67. The third-order valence-electron chi connectivity index (χ3n) is 2.18. The van der Waals surface area contributed by atoms with E-state index in [1.807, 2.05) is 6.92 Å². The van der Waals surface area contributed by atoms with Crippen molar-refractivity contribution in [2.24, 2.45) is 0 Å². The van der Waals surface area contributed by atoms with Crippen molar-refractivity contribution in [3.63, 3.8) is 0 Å². The minimum Gasteiger partial charge on any atom is -0.273 e. The van der Waals surface area contributed by atoms with Crippen LogP contribution in [0.4, 0.5) is 0 Å². The molecule has 5 nitrogen and oxygen atoms in total. The monoisotopic (exact) mass is 255 g/mol. The zero-order valence-electron chi connectivity index (χ0n) is 10.5. The van der Waals surface area contributed by atoms with Crippen LogP contribution in [0.1, 0.15) is 41.5 Å². The maximum atomic E-state index is 11.8. The van der Waals surface area contributed by atoms with Gasteiger partial charge < -0.3 is 0 Å². The molecule has 0 unspecified atom stereocenters. The van der Waals surface area contributed by atoms with Crippen molar-refractivity contribution in [3.8, 4) is 24.7 Å². The fourth-order valence-corrected chi connectivity index (χ4v) is 1.30. The van der Waals surface area contributed by atoms with E-state index in [1.54, 1.807) is 0 Å². The van der Waals surface area contributed by atoms with E-state index >= 15 is 0 Å². The van der Waals surface area contributed by atoms with Crippen molar-refractivity contribution < 1.29 is 9.59 Å². The summed E-state index contributed by atoms with van der Waals surface area (Å²) < 4.78 is 0. The molecule has 0 aliphatic heterocycles. The topological polar surface area (TPSA) is 71.1 Å². The molecule has 1 heterocycles. The Bertz CT molecular complexity index is 547. The number of hydrogen-bond acceptors (Lipinski definition) is 3. The molecule has 0 bridgehead atoms. The smallest absolute Gasteiger partial charge is 0.269 e. The maximum Gasteiger partial charge on any atom is 0.269 e. The number of terminal acetylenes is 2. The van der Waals surface area contributed by atoms with Crippen LogP contribution in [0, 0.1) is 24.7 Å². The first-order chi connectivity index (χ1) is 9.10. The van der Waals surface area contributed by atoms with Gasteiger partial charge in [0.1, 0.15) is 11.4 Å². The van der Waals surface area contributed by atoms with Crippen LogP contribution in [0.5, 0.6) is 0 Å². The van der Waals surface area contributed by atoms with Gasteiger partial charge in [0.25, 0.3) is 5.91 Å². The molecular formula is C14H13N3O2. The highest BCUT2D eigenvalue weighted by Crippen LogP contribution is 2.04. The molecule has 5 heteroatoms. The number of carbonyl (C=O) groups excluding carboxylic acids is 2. The Kier molecular flexibility index (Phi) is 5.13. The van der Waals surface area contributed by atoms with Crippen LogP contribution in [0.15, 0.2) is 12.1 Å². The van der Waals surface area contributed by atoms with E-state index < -0.39 is 5.91 Å². The quantitative estimate of drug-likeness (QED) is 0.614. The molecule has 96 valence electrons. The summed E-state index contributed by atoms with van der Waals surface area (Å²) in [6.07, 6.45) is 11.5. The first kappa shape index (κ1) is 14.3. The van der Waals surface area contributed by atoms with Gasteiger partial charge in [-0.25, -0.2) is 4.98 Å². The van der Waals surface area contributed by atoms with Crippen molar-refractivity contribution in [3.05, 3.63) is 29.1 Å². The summed E-state index contributed by atoms with van der Waals surface area (Å²) in [4.78, 5) is 27.0.